The van der Waals surface area contributed by atoms with Gasteiger partial charge >= 0.3 is 6.09 Å². The molecular formula is C31H32F2N6O6. The average molecular weight is 623 g/mol. The molecule has 45 heavy (non-hydrogen) atoms. The van der Waals surface area contributed by atoms with Crippen molar-refractivity contribution >= 4 is 34.6 Å². The topological polar surface area (TPSA) is 148 Å². The lowest BCUT2D eigenvalue weighted by molar-refractivity contribution is -0.123. The normalized spacial score (nSPS) is 11.8. The maximum Gasteiger partial charge on any atom is 0.407 e. The van der Waals surface area contributed by atoms with Gasteiger partial charge in [0.1, 0.15) is 30.0 Å². The van der Waals surface area contributed by atoms with E-state index < -0.39 is 35.2 Å². The third-order valence-corrected chi connectivity index (χ3v) is 6.64. The summed E-state index contributed by atoms with van der Waals surface area (Å²) in [6, 6.07) is 10.3. The number of nitrogens with one attached hydrogen (secondary N) is 3. The maximum absolute atomic E-state index is 14.0. The summed E-state index contributed by atoms with van der Waals surface area (Å²) in [5.41, 5.74) is 1.29. The average Bonchev–Trinajstić information content (AvgIpc) is 3.43. The number of methoxy groups -OCH3 is 1. The minimum atomic E-state index is -1.05. The largest absolute Gasteiger partial charge is 0.486 e. The van der Waals surface area contributed by atoms with E-state index in [9.17, 15) is 28.0 Å². The Bertz CT molecular complexity index is 1780. The quantitative estimate of drug-likeness (QED) is 0.204. The molecule has 1 atom stereocenters. The van der Waals surface area contributed by atoms with Gasteiger partial charge in [-0.2, -0.15) is 0 Å². The van der Waals surface area contributed by atoms with Gasteiger partial charge in [0.05, 0.1) is 24.7 Å². The molecule has 3 amide bonds. The molecular weight excluding hydrogens is 590 g/mol. The zero-order valence-corrected chi connectivity index (χ0v) is 24.8. The van der Waals surface area contributed by atoms with Crippen LogP contribution in [0.2, 0.25) is 0 Å². The first-order valence-corrected chi connectivity index (χ1v) is 13.8. The Hall–Kier alpha value is -5.53. The molecule has 0 aliphatic rings. The number of carbonyl (C=O) groups is 3. The molecule has 0 radical (unpaired) electrons. The summed E-state index contributed by atoms with van der Waals surface area (Å²) >= 11 is 0. The number of H-pyrrole nitrogens is 1. The fourth-order valence-electron chi connectivity index (χ4n) is 4.29. The number of carbonyl (C=O) groups excluding carboxylic acids is 3. The summed E-state index contributed by atoms with van der Waals surface area (Å²) in [5.74, 6) is -2.07. The molecule has 4 rings (SSSR count). The van der Waals surface area contributed by atoms with Gasteiger partial charge in [-0.05, 0) is 49.2 Å². The first-order chi connectivity index (χ1) is 21.5. The van der Waals surface area contributed by atoms with Crippen LogP contribution in [0.1, 0.15) is 24.2 Å². The number of hydrogen-bond acceptors (Lipinski definition) is 7. The summed E-state index contributed by atoms with van der Waals surface area (Å²) in [6.45, 7) is -0.00712. The predicted molar refractivity (Wildman–Crippen MR) is 162 cm³/mol. The molecule has 0 aliphatic carbocycles. The second-order valence-electron chi connectivity index (χ2n) is 10.1. The molecule has 2 aromatic carbocycles. The maximum atomic E-state index is 14.0. The standard InChI is InChI=1S/C31H32F2N6O6/c1-38(2)27(40)12-5-4-9-23(36-31(43)44-3)29(41)35-24-11-7-15-39(30(24)42)17-26-34-22-10-6-8-19(28(22)37-26)18-45-25-14-13-20(32)16-21(25)33/h5-8,10-16,23H,4,9,17-18H2,1-3H3,(H,34,37)(H,35,41)(H,36,43)/b12-5+/t23-/m0/s1. The number of alkyl carbamates (subject to hydrolysis) is 1. The highest BCUT2D eigenvalue weighted by molar-refractivity contribution is 5.96. The van der Waals surface area contributed by atoms with Crippen LogP contribution in [0.5, 0.6) is 5.75 Å². The molecule has 0 unspecified atom stereocenters. The van der Waals surface area contributed by atoms with Gasteiger partial charge in [-0.25, -0.2) is 18.6 Å². The molecule has 0 saturated heterocycles. The van der Waals surface area contributed by atoms with Crippen LogP contribution in [-0.4, -0.2) is 64.6 Å². The number of ether oxygens (including phenoxy) is 2. The van der Waals surface area contributed by atoms with Gasteiger partial charge < -0.3 is 34.6 Å². The van der Waals surface area contributed by atoms with Gasteiger partial charge in [-0.15, -0.1) is 0 Å². The summed E-state index contributed by atoms with van der Waals surface area (Å²) in [6.07, 6.45) is 4.08. The number of para-hydroxylation sites is 1. The van der Waals surface area contributed by atoms with Gasteiger partial charge in [0.15, 0.2) is 11.6 Å². The number of benzene rings is 2. The van der Waals surface area contributed by atoms with Gasteiger partial charge in [0, 0.05) is 31.9 Å². The van der Waals surface area contributed by atoms with Crippen molar-refractivity contribution in [1.29, 1.82) is 0 Å². The summed E-state index contributed by atoms with van der Waals surface area (Å²) < 4.78 is 38.7. The van der Waals surface area contributed by atoms with Crippen LogP contribution >= 0.6 is 0 Å². The number of aromatic nitrogens is 3. The van der Waals surface area contributed by atoms with Crippen LogP contribution in [0.15, 0.2) is 71.7 Å². The Kier molecular flexibility index (Phi) is 10.6. The SMILES string of the molecule is COC(=O)N[C@@H](CC/C=C/C(=O)N(C)C)C(=O)Nc1cccn(Cc2nc3c(COc4ccc(F)cc4F)cccc3[nH]2)c1=O. The fourth-order valence-corrected chi connectivity index (χ4v) is 4.29. The second-order valence-corrected chi connectivity index (χ2v) is 10.1. The summed E-state index contributed by atoms with van der Waals surface area (Å²) in [5, 5.41) is 5.01. The molecule has 3 N–H and O–H groups in total. The lowest BCUT2D eigenvalue weighted by atomic mass is 10.1. The third-order valence-electron chi connectivity index (χ3n) is 6.64. The van der Waals surface area contributed by atoms with E-state index in [1.54, 1.807) is 44.4 Å². The molecule has 0 bridgehead atoms. The van der Waals surface area contributed by atoms with E-state index >= 15 is 0 Å². The van der Waals surface area contributed by atoms with Crippen molar-refractivity contribution in [2.45, 2.75) is 32.0 Å². The molecule has 0 fully saturated rings. The Morgan fingerprint density at radius 2 is 1.93 bits per heavy atom. The highest BCUT2D eigenvalue weighted by Gasteiger charge is 2.22. The van der Waals surface area contributed by atoms with Crippen molar-refractivity contribution in [2.24, 2.45) is 0 Å². The smallest absolute Gasteiger partial charge is 0.407 e. The lowest BCUT2D eigenvalue weighted by Crippen LogP contribution is -2.44. The van der Waals surface area contributed by atoms with Crippen LogP contribution in [0, 0.1) is 11.6 Å². The van der Waals surface area contributed by atoms with Crippen molar-refractivity contribution < 1.29 is 32.6 Å². The third kappa shape index (κ3) is 8.53. The number of halogens is 2. The number of pyridine rings is 1. The number of amides is 3. The van der Waals surface area contributed by atoms with Gasteiger partial charge in [0.25, 0.3) is 5.56 Å². The van der Waals surface area contributed by atoms with E-state index in [0.29, 0.717) is 28.8 Å². The molecule has 4 aromatic rings. The summed E-state index contributed by atoms with van der Waals surface area (Å²) in [4.78, 5) is 59.1. The van der Waals surface area contributed by atoms with Crippen molar-refractivity contribution in [1.82, 2.24) is 24.8 Å². The monoisotopic (exact) mass is 622 g/mol. The molecule has 14 heteroatoms. The Balaban J connectivity index is 1.47. The number of nitrogens with zero attached hydrogens (tertiary/aromatic N) is 3. The number of aromatic amines is 1. The second kappa shape index (κ2) is 14.8. The zero-order chi connectivity index (χ0) is 32.5. The van der Waals surface area contributed by atoms with Crippen LogP contribution < -0.4 is 20.9 Å². The highest BCUT2D eigenvalue weighted by atomic mass is 19.1. The van der Waals surface area contributed by atoms with Gasteiger partial charge in [-0.3, -0.25) is 14.4 Å². The number of imidazole rings is 1. The molecule has 0 aliphatic heterocycles. The minimum Gasteiger partial charge on any atom is -0.486 e. The summed E-state index contributed by atoms with van der Waals surface area (Å²) in [7, 11) is 4.38. The number of fused-ring (bicyclic) bond motifs is 1. The number of likely N-dealkylation sites (N-methyl/N-ethyl adjacent to an activating group) is 1. The van der Waals surface area contributed by atoms with E-state index in [1.807, 2.05) is 0 Å². The van der Waals surface area contributed by atoms with E-state index in [1.165, 1.54) is 33.9 Å². The number of anilines is 1. The van der Waals surface area contributed by atoms with Crippen molar-refractivity contribution in [2.75, 3.05) is 26.5 Å². The van der Waals surface area contributed by atoms with Crippen molar-refractivity contribution in [3.05, 3.63) is 100 Å². The number of rotatable bonds is 12. The molecule has 236 valence electrons. The van der Waals surface area contributed by atoms with Crippen LogP contribution in [0.3, 0.4) is 0 Å². The Morgan fingerprint density at radius 3 is 2.67 bits per heavy atom. The van der Waals surface area contributed by atoms with E-state index in [0.717, 1.165) is 19.2 Å². The molecule has 0 saturated carbocycles. The Morgan fingerprint density at radius 1 is 1.13 bits per heavy atom. The van der Waals surface area contributed by atoms with E-state index in [2.05, 4.69) is 25.3 Å². The predicted octanol–water partition coefficient (Wildman–Crippen LogP) is 3.72. The first kappa shape index (κ1) is 32.4. The molecule has 2 heterocycles. The van der Waals surface area contributed by atoms with Crippen molar-refractivity contribution in [3.63, 3.8) is 0 Å². The number of hydrogen-bond donors (Lipinski definition) is 3. The van der Waals surface area contributed by atoms with E-state index in [4.69, 9.17) is 4.74 Å². The van der Waals surface area contributed by atoms with Crippen LogP contribution in [-0.2, 0) is 27.5 Å². The van der Waals surface area contributed by atoms with Crippen molar-refractivity contribution in [3.8, 4) is 5.75 Å². The van der Waals surface area contributed by atoms with Gasteiger partial charge in [-0.1, -0.05) is 18.2 Å². The number of allylic oxidation sites excluding steroid dienone is 1. The first-order valence-electron chi connectivity index (χ1n) is 13.8. The van der Waals surface area contributed by atoms with E-state index in [-0.39, 0.29) is 36.9 Å². The minimum absolute atomic E-state index is 0.0241. The molecule has 12 nitrogen and oxygen atoms in total. The van der Waals surface area contributed by atoms with Crippen LogP contribution in [0.25, 0.3) is 11.0 Å². The molecule has 2 aromatic heterocycles. The molecule has 0 spiro atoms. The fraction of sp³-hybridized carbons (Fsp3) is 0.258. The van der Waals surface area contributed by atoms with Crippen LogP contribution in [0.4, 0.5) is 19.3 Å². The van der Waals surface area contributed by atoms with Gasteiger partial charge in [0.2, 0.25) is 11.8 Å². The highest BCUT2D eigenvalue weighted by Crippen LogP contribution is 2.22. The lowest BCUT2D eigenvalue weighted by Gasteiger charge is -2.17. The zero-order valence-electron chi connectivity index (χ0n) is 24.8. The Labute approximate surface area is 256 Å².